The zero-order chi connectivity index (χ0) is 12.9. The van der Waals surface area contributed by atoms with E-state index in [0.29, 0.717) is 4.88 Å². The topological polar surface area (TPSA) is 48.1 Å². The molecule has 3 rings (SSSR count). The van der Waals surface area contributed by atoms with Crippen molar-refractivity contribution in [3.63, 3.8) is 0 Å². The molecule has 0 aliphatic carbocycles. The maximum atomic E-state index is 13.0. The SMILES string of the molecule is Nc1nc2c(s1)COc1cccc(C(F)(F)F)c1-2. The van der Waals surface area contributed by atoms with Crippen molar-refractivity contribution in [3.05, 3.63) is 28.6 Å². The number of nitrogen functional groups attached to an aromatic ring is 1. The molecule has 94 valence electrons. The van der Waals surface area contributed by atoms with Gasteiger partial charge in [0.1, 0.15) is 12.4 Å². The maximum absolute atomic E-state index is 13.0. The van der Waals surface area contributed by atoms with Crippen molar-refractivity contribution >= 4 is 16.5 Å². The van der Waals surface area contributed by atoms with Crippen LogP contribution in [0.3, 0.4) is 0 Å². The Hall–Kier alpha value is -1.76. The van der Waals surface area contributed by atoms with Crippen molar-refractivity contribution in [2.45, 2.75) is 12.8 Å². The van der Waals surface area contributed by atoms with E-state index in [1.807, 2.05) is 0 Å². The number of halogens is 3. The summed E-state index contributed by atoms with van der Waals surface area (Å²) < 4.78 is 44.2. The quantitative estimate of drug-likeness (QED) is 0.800. The lowest BCUT2D eigenvalue weighted by molar-refractivity contribution is -0.137. The zero-order valence-corrected chi connectivity index (χ0v) is 9.73. The third-order valence-corrected chi connectivity index (χ3v) is 3.50. The molecule has 7 heteroatoms. The predicted octanol–water partition coefficient (Wildman–Crippen LogP) is 3.30. The van der Waals surface area contributed by atoms with Gasteiger partial charge in [0.25, 0.3) is 0 Å². The van der Waals surface area contributed by atoms with E-state index < -0.39 is 11.7 Å². The Bertz CT molecular complexity index is 621. The van der Waals surface area contributed by atoms with Crippen LogP contribution in [-0.4, -0.2) is 4.98 Å². The second-order valence-corrected chi connectivity index (χ2v) is 4.90. The molecule has 0 saturated carbocycles. The van der Waals surface area contributed by atoms with Gasteiger partial charge in [0.05, 0.1) is 21.7 Å². The van der Waals surface area contributed by atoms with Gasteiger partial charge in [-0.2, -0.15) is 13.2 Å². The number of anilines is 1. The first-order valence-electron chi connectivity index (χ1n) is 5.05. The van der Waals surface area contributed by atoms with Crippen molar-refractivity contribution < 1.29 is 17.9 Å². The molecule has 1 aliphatic rings. The molecule has 2 aromatic rings. The van der Waals surface area contributed by atoms with Crippen molar-refractivity contribution in [3.8, 4) is 17.0 Å². The van der Waals surface area contributed by atoms with Gasteiger partial charge in [0.2, 0.25) is 0 Å². The van der Waals surface area contributed by atoms with Crippen molar-refractivity contribution in [1.29, 1.82) is 0 Å². The number of hydrogen-bond donors (Lipinski definition) is 1. The summed E-state index contributed by atoms with van der Waals surface area (Å²) in [5.74, 6) is 0.197. The van der Waals surface area contributed by atoms with E-state index in [2.05, 4.69) is 4.98 Å². The molecule has 1 aromatic heterocycles. The molecule has 3 nitrogen and oxygen atoms in total. The molecule has 0 unspecified atom stereocenters. The number of aromatic nitrogens is 1. The average Bonchev–Trinajstić information content (AvgIpc) is 2.67. The van der Waals surface area contributed by atoms with Crippen LogP contribution in [0.4, 0.5) is 18.3 Å². The van der Waals surface area contributed by atoms with E-state index in [-0.39, 0.29) is 28.7 Å². The van der Waals surface area contributed by atoms with Crippen LogP contribution in [0.2, 0.25) is 0 Å². The van der Waals surface area contributed by atoms with Gasteiger partial charge in [-0.3, -0.25) is 0 Å². The minimum Gasteiger partial charge on any atom is -0.487 e. The number of hydrogen-bond acceptors (Lipinski definition) is 4. The fourth-order valence-electron chi connectivity index (χ4n) is 1.94. The van der Waals surface area contributed by atoms with Crippen LogP contribution in [0.25, 0.3) is 11.3 Å². The molecule has 0 bridgehead atoms. The number of rotatable bonds is 0. The number of thiazole rings is 1. The van der Waals surface area contributed by atoms with Crippen molar-refractivity contribution in [2.75, 3.05) is 5.73 Å². The summed E-state index contributed by atoms with van der Waals surface area (Å²) in [6.07, 6.45) is -4.44. The maximum Gasteiger partial charge on any atom is 0.417 e. The van der Waals surface area contributed by atoms with Gasteiger partial charge in [0, 0.05) is 0 Å². The minimum atomic E-state index is -4.44. The van der Waals surface area contributed by atoms with E-state index in [9.17, 15) is 13.2 Å². The van der Waals surface area contributed by atoms with E-state index >= 15 is 0 Å². The second kappa shape index (κ2) is 3.61. The highest BCUT2D eigenvalue weighted by Gasteiger charge is 2.37. The summed E-state index contributed by atoms with van der Waals surface area (Å²) in [7, 11) is 0. The Morgan fingerprint density at radius 3 is 2.83 bits per heavy atom. The van der Waals surface area contributed by atoms with E-state index in [0.717, 1.165) is 17.4 Å². The number of nitrogens with two attached hydrogens (primary N) is 1. The van der Waals surface area contributed by atoms with Crippen LogP contribution in [-0.2, 0) is 12.8 Å². The largest absolute Gasteiger partial charge is 0.487 e. The molecule has 0 atom stereocenters. The molecule has 0 saturated heterocycles. The van der Waals surface area contributed by atoms with Crippen LogP contribution in [0.5, 0.6) is 5.75 Å². The molecule has 2 heterocycles. The fraction of sp³-hybridized carbons (Fsp3) is 0.182. The van der Waals surface area contributed by atoms with Gasteiger partial charge in [0.15, 0.2) is 5.13 Å². The third kappa shape index (κ3) is 1.62. The Balaban J connectivity index is 2.30. The molecule has 0 radical (unpaired) electrons. The minimum absolute atomic E-state index is 0.0146. The van der Waals surface area contributed by atoms with Gasteiger partial charge in [-0.25, -0.2) is 4.98 Å². The summed E-state index contributed by atoms with van der Waals surface area (Å²) in [6, 6.07) is 3.85. The molecule has 0 amide bonds. The van der Waals surface area contributed by atoms with Crippen molar-refractivity contribution in [1.82, 2.24) is 4.98 Å². The van der Waals surface area contributed by atoms with Gasteiger partial charge in [-0.15, -0.1) is 0 Å². The predicted molar refractivity (Wildman–Crippen MR) is 61.3 cm³/mol. The summed E-state index contributed by atoms with van der Waals surface area (Å²) >= 11 is 1.15. The third-order valence-electron chi connectivity index (χ3n) is 2.64. The van der Waals surface area contributed by atoms with Crippen LogP contribution in [0.15, 0.2) is 18.2 Å². The standard InChI is InChI=1S/C11H7F3N2OS/c12-11(13,14)5-2-1-3-6-8(5)9-7(4-17-6)18-10(15)16-9/h1-3H,4H2,(H2,15,16). The van der Waals surface area contributed by atoms with E-state index in [1.54, 1.807) is 0 Å². The highest BCUT2D eigenvalue weighted by atomic mass is 32.1. The number of alkyl halides is 3. The molecule has 1 aliphatic heterocycles. The summed E-state index contributed by atoms with van der Waals surface area (Å²) in [6.45, 7) is 0.207. The molecule has 18 heavy (non-hydrogen) atoms. The molecule has 2 N–H and O–H groups in total. The van der Waals surface area contributed by atoms with Gasteiger partial charge < -0.3 is 10.5 Å². The molecule has 0 fully saturated rings. The lowest BCUT2D eigenvalue weighted by Crippen LogP contribution is -2.12. The zero-order valence-electron chi connectivity index (χ0n) is 8.91. The summed E-state index contributed by atoms with van der Waals surface area (Å²) in [4.78, 5) is 4.60. The van der Waals surface area contributed by atoms with Crippen LogP contribution < -0.4 is 10.5 Å². The van der Waals surface area contributed by atoms with Gasteiger partial charge in [-0.05, 0) is 12.1 Å². The first-order valence-corrected chi connectivity index (χ1v) is 5.87. The number of benzene rings is 1. The molecular weight excluding hydrogens is 265 g/mol. The van der Waals surface area contributed by atoms with Crippen LogP contribution in [0, 0.1) is 0 Å². The molecular formula is C11H7F3N2OS. The average molecular weight is 272 g/mol. The lowest BCUT2D eigenvalue weighted by atomic mass is 10.0. The molecule has 0 spiro atoms. The smallest absolute Gasteiger partial charge is 0.417 e. The van der Waals surface area contributed by atoms with Gasteiger partial charge >= 0.3 is 6.18 Å². The fourth-order valence-corrected chi connectivity index (χ4v) is 2.69. The van der Waals surface area contributed by atoms with Crippen LogP contribution >= 0.6 is 11.3 Å². The van der Waals surface area contributed by atoms with Crippen LogP contribution in [0.1, 0.15) is 10.4 Å². The highest BCUT2D eigenvalue weighted by molar-refractivity contribution is 7.15. The van der Waals surface area contributed by atoms with E-state index in [4.69, 9.17) is 10.5 Å². The summed E-state index contributed by atoms with van der Waals surface area (Å²) in [5.41, 5.74) is 5.07. The van der Waals surface area contributed by atoms with E-state index in [1.165, 1.54) is 12.1 Å². The number of nitrogens with zero attached hydrogens (tertiary/aromatic N) is 1. The Kier molecular flexibility index (Phi) is 2.28. The normalized spacial score (nSPS) is 13.7. The first-order chi connectivity index (χ1) is 8.47. The monoisotopic (exact) mass is 272 g/mol. The Labute approximate surface area is 104 Å². The second-order valence-electron chi connectivity index (χ2n) is 3.79. The highest BCUT2D eigenvalue weighted by Crippen LogP contribution is 2.46. The Morgan fingerprint density at radius 1 is 1.33 bits per heavy atom. The molecule has 1 aromatic carbocycles. The number of ether oxygens (including phenoxy) is 1. The van der Waals surface area contributed by atoms with Gasteiger partial charge in [-0.1, -0.05) is 17.4 Å². The summed E-state index contributed by atoms with van der Waals surface area (Å²) in [5, 5.41) is 0.244. The first kappa shape index (κ1) is 11.3. The lowest BCUT2D eigenvalue weighted by Gasteiger charge is -2.20. The Morgan fingerprint density at radius 2 is 2.11 bits per heavy atom. The van der Waals surface area contributed by atoms with Crippen molar-refractivity contribution in [2.24, 2.45) is 0 Å². The number of fused-ring (bicyclic) bond motifs is 3.